The number of carbonyl (C=O) groups is 1. The molecule has 9 nitrogen and oxygen atoms in total. The van der Waals surface area contributed by atoms with Crippen LogP contribution in [0.1, 0.15) is 213 Å². The largest absolute Gasteiger partial charge is 0.472 e. The number of aliphatic hydroxyl groups excluding tert-OH is 2. The number of allylic oxidation sites excluding steroid dienone is 8. The summed E-state index contributed by atoms with van der Waals surface area (Å²) in [5.41, 5.74) is 0. The number of hydrogen-bond donors (Lipinski definition) is 4. The Kier molecular flexibility index (Phi) is 41.3. The highest BCUT2D eigenvalue weighted by atomic mass is 31.2. The molecule has 0 aliphatic rings. The summed E-state index contributed by atoms with van der Waals surface area (Å²) in [6.45, 7) is 4.49. The lowest BCUT2D eigenvalue weighted by atomic mass is 9.99. The molecule has 61 heavy (non-hydrogen) atoms. The molecule has 4 N–H and O–H groups in total. The maximum absolute atomic E-state index is 13.0. The van der Waals surface area contributed by atoms with Gasteiger partial charge in [0.25, 0.3) is 0 Å². The molecular weight excluding hydrogens is 784 g/mol. The van der Waals surface area contributed by atoms with Crippen molar-refractivity contribution >= 4 is 13.7 Å². The van der Waals surface area contributed by atoms with Crippen LogP contribution in [0.2, 0.25) is 0 Å². The van der Waals surface area contributed by atoms with Crippen molar-refractivity contribution < 1.29 is 38.0 Å². The minimum absolute atomic E-state index is 0.0205. The zero-order chi connectivity index (χ0) is 45.1. The number of hydrogen-bond acceptors (Lipinski definition) is 6. The second-order valence-corrected chi connectivity index (χ2v) is 19.8. The molecule has 0 heterocycles. The smallest absolute Gasteiger partial charge is 0.390 e. The molecule has 0 rings (SSSR count). The number of likely N-dealkylation sites (N-methyl/N-ethyl adjacent to an activating group) is 1. The summed E-state index contributed by atoms with van der Waals surface area (Å²) in [6.07, 6.45) is 50.3. The minimum Gasteiger partial charge on any atom is -0.390 e. The number of carbonyl (C=O) groups excluding carboxylic acids is 1. The van der Waals surface area contributed by atoms with Crippen LogP contribution < -0.4 is 5.32 Å². The van der Waals surface area contributed by atoms with Gasteiger partial charge < -0.3 is 24.9 Å². The van der Waals surface area contributed by atoms with E-state index in [-0.39, 0.29) is 18.9 Å². The average Bonchev–Trinajstić information content (AvgIpc) is 3.21. The standard InChI is InChI=1S/C51H97N2O7P/c1-6-8-10-12-14-16-18-20-21-22-23-24-25-26-27-28-29-30-31-32-34-36-38-40-42-44-50(55)52-48(47-60-61(57,58)59-46-45-53(3,4)5)51(56)49(54)43-41-39-37-35-33-19-17-15-13-11-9-7-2/h8,10,14,16,20-21,23-24,48-49,51,54,56H,6-7,9,11-13,15,17-19,22,25-47H2,1-5H3,(H-,52,55,57,58)/p+1/b10-8-,16-14-,21-20-,24-23-. The van der Waals surface area contributed by atoms with Crippen molar-refractivity contribution in [3.8, 4) is 0 Å². The Morgan fingerprint density at radius 1 is 0.590 bits per heavy atom. The fourth-order valence-electron chi connectivity index (χ4n) is 7.19. The molecule has 358 valence electrons. The van der Waals surface area contributed by atoms with E-state index in [1.165, 1.54) is 116 Å². The van der Waals surface area contributed by atoms with E-state index < -0.39 is 32.7 Å². The predicted octanol–water partition coefficient (Wildman–Crippen LogP) is 13.4. The monoisotopic (exact) mass is 882 g/mol. The van der Waals surface area contributed by atoms with Gasteiger partial charge in [0.1, 0.15) is 19.3 Å². The number of rotatable bonds is 45. The molecule has 0 radical (unpaired) electrons. The van der Waals surface area contributed by atoms with Gasteiger partial charge in [0, 0.05) is 6.42 Å². The van der Waals surface area contributed by atoms with Gasteiger partial charge in [-0.15, -0.1) is 0 Å². The van der Waals surface area contributed by atoms with Crippen LogP contribution in [0.5, 0.6) is 0 Å². The van der Waals surface area contributed by atoms with Gasteiger partial charge in [0.2, 0.25) is 5.91 Å². The van der Waals surface area contributed by atoms with E-state index in [4.69, 9.17) is 9.05 Å². The van der Waals surface area contributed by atoms with Gasteiger partial charge in [-0.05, 0) is 51.4 Å². The van der Waals surface area contributed by atoms with Crippen molar-refractivity contribution in [1.82, 2.24) is 5.32 Å². The minimum atomic E-state index is -4.42. The first-order valence-corrected chi connectivity index (χ1v) is 26.6. The lowest BCUT2D eigenvalue weighted by Gasteiger charge is -2.28. The van der Waals surface area contributed by atoms with Crippen molar-refractivity contribution in [2.75, 3.05) is 40.9 Å². The Morgan fingerprint density at radius 2 is 1.02 bits per heavy atom. The predicted molar refractivity (Wildman–Crippen MR) is 260 cm³/mol. The Morgan fingerprint density at radius 3 is 1.49 bits per heavy atom. The number of amides is 1. The maximum atomic E-state index is 13.0. The van der Waals surface area contributed by atoms with Crippen LogP contribution in [0, 0.1) is 0 Å². The van der Waals surface area contributed by atoms with Crippen LogP contribution in [0.4, 0.5) is 0 Å². The Balaban J connectivity index is 4.30. The van der Waals surface area contributed by atoms with Crippen LogP contribution in [-0.2, 0) is 18.4 Å². The highest BCUT2D eigenvalue weighted by molar-refractivity contribution is 7.47. The molecule has 0 aromatic carbocycles. The molecule has 0 aliphatic carbocycles. The van der Waals surface area contributed by atoms with Crippen LogP contribution in [0.15, 0.2) is 48.6 Å². The van der Waals surface area contributed by atoms with Crippen molar-refractivity contribution in [2.24, 2.45) is 0 Å². The van der Waals surface area contributed by atoms with Gasteiger partial charge in [-0.3, -0.25) is 13.8 Å². The summed E-state index contributed by atoms with van der Waals surface area (Å²) in [5.74, 6) is -0.262. The van der Waals surface area contributed by atoms with Gasteiger partial charge in [-0.2, -0.15) is 0 Å². The first kappa shape index (κ1) is 59.4. The van der Waals surface area contributed by atoms with Gasteiger partial charge in [0.15, 0.2) is 0 Å². The molecule has 0 saturated carbocycles. The number of phosphoric acid groups is 1. The van der Waals surface area contributed by atoms with Crippen LogP contribution in [-0.4, -0.2) is 84.6 Å². The molecule has 1 amide bonds. The molecule has 4 unspecified atom stereocenters. The van der Waals surface area contributed by atoms with E-state index >= 15 is 0 Å². The molecular formula is C51H98N2O7P+. The molecule has 10 heteroatoms. The van der Waals surface area contributed by atoms with Crippen molar-refractivity contribution in [2.45, 2.75) is 231 Å². The van der Waals surface area contributed by atoms with E-state index in [0.29, 0.717) is 17.4 Å². The summed E-state index contributed by atoms with van der Waals surface area (Å²) in [6, 6.07) is -1.03. The average molecular weight is 882 g/mol. The van der Waals surface area contributed by atoms with Crippen LogP contribution in [0.3, 0.4) is 0 Å². The third-order valence-corrected chi connectivity index (χ3v) is 12.2. The Labute approximate surface area is 376 Å². The number of quaternary nitrogens is 1. The summed E-state index contributed by atoms with van der Waals surface area (Å²) < 4.78 is 23.6. The highest BCUT2D eigenvalue weighted by Crippen LogP contribution is 2.43. The Bertz CT molecular complexity index is 1150. The molecule has 0 saturated heterocycles. The topological polar surface area (TPSA) is 125 Å². The van der Waals surface area contributed by atoms with Gasteiger partial charge >= 0.3 is 7.82 Å². The third-order valence-electron chi connectivity index (χ3n) is 11.2. The zero-order valence-corrected chi connectivity index (χ0v) is 41.2. The SMILES string of the molecule is CC/C=C\C/C=C\C/C=C\C/C=C\CCCCCCCCCCCCCCC(=O)NC(COP(=O)(O)OCC[N+](C)(C)C)C(O)C(O)CCCCCCCCCCCCCC. The van der Waals surface area contributed by atoms with E-state index in [1.54, 1.807) is 0 Å². The third kappa shape index (κ3) is 43.5. The number of aliphatic hydroxyl groups is 2. The normalized spacial score (nSPS) is 15.1. The summed E-state index contributed by atoms with van der Waals surface area (Å²) in [7, 11) is 1.43. The second kappa shape index (κ2) is 42.4. The van der Waals surface area contributed by atoms with Gasteiger partial charge in [-0.25, -0.2) is 4.57 Å². The molecule has 0 aromatic heterocycles. The first-order chi connectivity index (χ1) is 29.4. The number of nitrogens with one attached hydrogen (secondary N) is 1. The van der Waals surface area contributed by atoms with E-state index in [9.17, 15) is 24.5 Å². The first-order valence-electron chi connectivity index (χ1n) is 25.1. The fraction of sp³-hybridized carbons (Fsp3) is 0.824. The lowest BCUT2D eigenvalue weighted by molar-refractivity contribution is -0.870. The number of phosphoric ester groups is 1. The number of unbranched alkanes of at least 4 members (excludes halogenated alkanes) is 23. The Hall–Kier alpha value is -1.58. The van der Waals surface area contributed by atoms with Gasteiger partial charge in [-0.1, -0.05) is 204 Å². The van der Waals surface area contributed by atoms with Crippen LogP contribution >= 0.6 is 7.82 Å². The maximum Gasteiger partial charge on any atom is 0.472 e. The van der Waals surface area contributed by atoms with E-state index in [1.807, 2.05) is 21.1 Å². The van der Waals surface area contributed by atoms with Crippen molar-refractivity contribution in [3.05, 3.63) is 48.6 Å². The quantitative estimate of drug-likeness (QED) is 0.0208. The highest BCUT2D eigenvalue weighted by Gasteiger charge is 2.31. The van der Waals surface area contributed by atoms with Crippen molar-refractivity contribution in [3.63, 3.8) is 0 Å². The van der Waals surface area contributed by atoms with Gasteiger partial charge in [0.05, 0.1) is 39.9 Å². The number of nitrogens with zero attached hydrogens (tertiary/aromatic N) is 1. The lowest BCUT2D eigenvalue weighted by Crippen LogP contribution is -2.51. The van der Waals surface area contributed by atoms with E-state index in [0.717, 1.165) is 70.6 Å². The summed E-state index contributed by atoms with van der Waals surface area (Å²) in [4.78, 5) is 23.2. The molecule has 0 aromatic rings. The fourth-order valence-corrected chi connectivity index (χ4v) is 7.93. The molecule has 0 fully saturated rings. The molecule has 0 aliphatic heterocycles. The van der Waals surface area contributed by atoms with E-state index in [2.05, 4.69) is 67.8 Å². The summed E-state index contributed by atoms with van der Waals surface area (Å²) in [5, 5.41) is 24.7. The molecule has 0 bridgehead atoms. The molecule has 0 spiro atoms. The zero-order valence-electron chi connectivity index (χ0n) is 40.3. The van der Waals surface area contributed by atoms with Crippen molar-refractivity contribution in [1.29, 1.82) is 0 Å². The second-order valence-electron chi connectivity index (χ2n) is 18.3. The van der Waals surface area contributed by atoms with Crippen LogP contribution in [0.25, 0.3) is 0 Å². The molecule has 4 atom stereocenters. The summed E-state index contributed by atoms with van der Waals surface area (Å²) >= 11 is 0.